The molecule has 1 atom stereocenters. The molecule has 1 aromatic heterocycles. The molecule has 0 bridgehead atoms. The standard InChI is InChI=1S/C42H40F3N5O5/c1-49(26-28-9-5-12-32(20-28)41(54)55)40(53)31-11-7-10-29(22-31)39(52)48-36-15-14-34(50-18-3-2-4-19-50)24-35(36)37-23-30(16-17-46-37)38(51)47-25-27-8-6-13-33(21-27)42(43,44)45/h5-17,20-24,39,48,52H,2-4,18-19,25-26H2,1H3,(H,47,51)(H,54,55). The number of aliphatic hydroxyl groups is 1. The molecule has 2 heterocycles. The minimum absolute atomic E-state index is 0.112. The topological polar surface area (TPSA) is 135 Å². The number of piperidine rings is 1. The van der Waals surface area contributed by atoms with Crippen molar-refractivity contribution in [1.29, 1.82) is 0 Å². The number of hydrogen-bond acceptors (Lipinski definition) is 7. The first-order valence-electron chi connectivity index (χ1n) is 17.8. The number of aromatic carboxylic acids is 1. The highest BCUT2D eigenvalue weighted by molar-refractivity contribution is 5.96. The van der Waals surface area contributed by atoms with Crippen LogP contribution in [0.15, 0.2) is 109 Å². The van der Waals surface area contributed by atoms with Crippen LogP contribution >= 0.6 is 0 Å². The molecule has 1 unspecified atom stereocenters. The number of carboxylic acid groups (broad SMARTS) is 1. The number of rotatable bonds is 12. The maximum absolute atomic E-state index is 13.4. The molecule has 55 heavy (non-hydrogen) atoms. The van der Waals surface area contributed by atoms with Crippen LogP contribution in [-0.4, -0.2) is 58.0 Å². The van der Waals surface area contributed by atoms with E-state index in [9.17, 15) is 37.8 Å². The Labute approximate surface area is 316 Å². The summed E-state index contributed by atoms with van der Waals surface area (Å²) in [6, 6.07) is 26.5. The zero-order chi connectivity index (χ0) is 39.1. The van der Waals surface area contributed by atoms with Crippen molar-refractivity contribution in [3.63, 3.8) is 0 Å². The Kier molecular flexibility index (Phi) is 11.8. The van der Waals surface area contributed by atoms with Gasteiger partial charge in [-0.15, -0.1) is 0 Å². The zero-order valence-electron chi connectivity index (χ0n) is 30.0. The number of carboxylic acids is 1. The van der Waals surface area contributed by atoms with Gasteiger partial charge in [0.25, 0.3) is 11.8 Å². The lowest BCUT2D eigenvalue weighted by atomic mass is 10.0. The Morgan fingerprint density at radius 2 is 1.56 bits per heavy atom. The molecule has 1 saturated heterocycles. The molecule has 0 saturated carbocycles. The van der Waals surface area contributed by atoms with E-state index < -0.39 is 29.8 Å². The van der Waals surface area contributed by atoms with E-state index in [1.165, 1.54) is 41.4 Å². The van der Waals surface area contributed by atoms with Crippen molar-refractivity contribution < 1.29 is 37.8 Å². The summed E-state index contributed by atoms with van der Waals surface area (Å²) in [4.78, 5) is 46.3. The van der Waals surface area contributed by atoms with E-state index in [0.717, 1.165) is 50.2 Å². The van der Waals surface area contributed by atoms with Gasteiger partial charge in [0, 0.05) is 73.1 Å². The maximum Gasteiger partial charge on any atom is 0.416 e. The van der Waals surface area contributed by atoms with E-state index in [0.29, 0.717) is 39.2 Å². The van der Waals surface area contributed by atoms with Crippen molar-refractivity contribution in [2.75, 3.05) is 30.4 Å². The normalized spacial score (nSPS) is 13.5. The molecule has 0 aliphatic carbocycles. The Hall–Kier alpha value is -6.21. The number of alkyl halides is 3. The van der Waals surface area contributed by atoms with E-state index in [-0.39, 0.29) is 30.1 Å². The van der Waals surface area contributed by atoms with Gasteiger partial charge in [-0.1, -0.05) is 36.4 Å². The van der Waals surface area contributed by atoms with Crippen molar-refractivity contribution in [2.24, 2.45) is 0 Å². The molecule has 6 rings (SSSR count). The van der Waals surface area contributed by atoms with Gasteiger partial charge in [-0.3, -0.25) is 14.6 Å². The first kappa shape index (κ1) is 38.5. The highest BCUT2D eigenvalue weighted by Gasteiger charge is 2.30. The quantitative estimate of drug-likeness (QED) is 0.0951. The molecule has 10 nitrogen and oxygen atoms in total. The second-order valence-corrected chi connectivity index (χ2v) is 13.4. The first-order chi connectivity index (χ1) is 26.4. The van der Waals surface area contributed by atoms with Crippen molar-refractivity contribution >= 4 is 29.2 Å². The summed E-state index contributed by atoms with van der Waals surface area (Å²) in [5, 5.41) is 26.6. The number of carbonyl (C=O) groups is 3. The molecular weight excluding hydrogens is 711 g/mol. The van der Waals surface area contributed by atoms with Gasteiger partial charge < -0.3 is 30.6 Å². The molecule has 13 heteroatoms. The summed E-state index contributed by atoms with van der Waals surface area (Å²) < 4.78 is 39.7. The number of halogens is 3. The Morgan fingerprint density at radius 3 is 2.33 bits per heavy atom. The van der Waals surface area contributed by atoms with Gasteiger partial charge in [0.2, 0.25) is 0 Å². The van der Waals surface area contributed by atoms with Crippen LogP contribution in [0, 0.1) is 0 Å². The lowest BCUT2D eigenvalue weighted by Gasteiger charge is -2.30. The third-order valence-corrected chi connectivity index (χ3v) is 9.41. The van der Waals surface area contributed by atoms with Gasteiger partial charge in [0.1, 0.15) is 0 Å². The summed E-state index contributed by atoms with van der Waals surface area (Å²) in [6.45, 7) is 1.81. The Balaban J connectivity index is 1.22. The third-order valence-electron chi connectivity index (χ3n) is 9.41. The fourth-order valence-corrected chi connectivity index (χ4v) is 6.52. The van der Waals surface area contributed by atoms with Crippen LogP contribution < -0.4 is 15.5 Å². The van der Waals surface area contributed by atoms with Crippen LogP contribution in [0.4, 0.5) is 24.5 Å². The smallest absolute Gasteiger partial charge is 0.416 e. The molecule has 0 radical (unpaired) electrons. The molecule has 2 amide bonds. The largest absolute Gasteiger partial charge is 0.478 e. The average molecular weight is 752 g/mol. The molecule has 1 aliphatic rings. The van der Waals surface area contributed by atoms with Gasteiger partial charge in [-0.05, 0) is 97.1 Å². The lowest BCUT2D eigenvalue weighted by molar-refractivity contribution is -0.137. The van der Waals surface area contributed by atoms with Crippen LogP contribution in [0.1, 0.15) is 78.8 Å². The van der Waals surface area contributed by atoms with Crippen molar-refractivity contribution in [2.45, 2.75) is 44.8 Å². The van der Waals surface area contributed by atoms with Gasteiger partial charge in [0.15, 0.2) is 6.23 Å². The average Bonchev–Trinajstić information content (AvgIpc) is 3.20. The Morgan fingerprint density at radius 1 is 0.836 bits per heavy atom. The zero-order valence-corrected chi connectivity index (χ0v) is 30.0. The highest BCUT2D eigenvalue weighted by atomic mass is 19.4. The van der Waals surface area contributed by atoms with E-state index in [2.05, 4.69) is 20.5 Å². The van der Waals surface area contributed by atoms with Crippen LogP contribution in [-0.2, 0) is 19.3 Å². The van der Waals surface area contributed by atoms with Crippen LogP contribution in [0.25, 0.3) is 11.3 Å². The second-order valence-electron chi connectivity index (χ2n) is 13.4. The predicted molar refractivity (Wildman–Crippen MR) is 203 cm³/mol. The number of nitrogens with zero attached hydrogens (tertiary/aromatic N) is 3. The number of carbonyl (C=O) groups excluding carboxylic acids is 2. The molecular formula is C42H40F3N5O5. The molecule has 0 spiro atoms. The molecule has 5 aromatic rings. The summed E-state index contributed by atoms with van der Waals surface area (Å²) >= 11 is 0. The number of aromatic nitrogens is 1. The van der Waals surface area contributed by atoms with Gasteiger partial charge in [0.05, 0.1) is 16.8 Å². The summed E-state index contributed by atoms with van der Waals surface area (Å²) in [5.41, 5.74) is 3.74. The Bertz CT molecular complexity index is 2190. The van der Waals surface area contributed by atoms with Gasteiger partial charge in [-0.2, -0.15) is 13.2 Å². The third kappa shape index (κ3) is 9.67. The minimum Gasteiger partial charge on any atom is -0.478 e. The predicted octanol–water partition coefficient (Wildman–Crippen LogP) is 7.76. The van der Waals surface area contributed by atoms with Crippen molar-refractivity contribution in [3.05, 3.63) is 148 Å². The number of benzene rings is 4. The fourth-order valence-electron chi connectivity index (χ4n) is 6.52. The molecule has 4 aromatic carbocycles. The van der Waals surface area contributed by atoms with Crippen LogP contribution in [0.5, 0.6) is 0 Å². The van der Waals surface area contributed by atoms with Gasteiger partial charge >= 0.3 is 12.1 Å². The second kappa shape index (κ2) is 16.9. The summed E-state index contributed by atoms with van der Waals surface area (Å²) in [5.74, 6) is -1.88. The molecule has 4 N–H and O–H groups in total. The number of nitrogens with one attached hydrogen (secondary N) is 2. The summed E-state index contributed by atoms with van der Waals surface area (Å²) in [6.07, 6.45) is -1.04. The number of hydrogen-bond donors (Lipinski definition) is 4. The first-order valence-corrected chi connectivity index (χ1v) is 17.8. The van der Waals surface area contributed by atoms with Crippen molar-refractivity contribution in [3.8, 4) is 11.3 Å². The monoisotopic (exact) mass is 751 g/mol. The van der Waals surface area contributed by atoms with E-state index >= 15 is 0 Å². The van der Waals surface area contributed by atoms with Gasteiger partial charge in [-0.25, -0.2) is 4.79 Å². The summed E-state index contributed by atoms with van der Waals surface area (Å²) in [7, 11) is 1.61. The highest BCUT2D eigenvalue weighted by Crippen LogP contribution is 2.35. The van der Waals surface area contributed by atoms with E-state index in [1.54, 1.807) is 49.5 Å². The molecule has 1 aliphatic heterocycles. The lowest BCUT2D eigenvalue weighted by Crippen LogP contribution is -2.29. The van der Waals surface area contributed by atoms with Crippen LogP contribution in [0.2, 0.25) is 0 Å². The number of amides is 2. The number of aliphatic hydroxyl groups excluding tert-OH is 1. The molecule has 284 valence electrons. The number of anilines is 2. The SMILES string of the molecule is CN(Cc1cccc(C(=O)O)c1)C(=O)c1cccc(C(O)Nc2ccc(N3CCCCC3)cc2-c2cc(C(=O)NCc3cccc(C(F)(F)F)c3)ccn2)c1. The minimum atomic E-state index is -4.50. The van der Waals surface area contributed by atoms with E-state index in [4.69, 9.17) is 0 Å². The van der Waals surface area contributed by atoms with Crippen molar-refractivity contribution in [1.82, 2.24) is 15.2 Å². The number of pyridine rings is 1. The fraction of sp³-hybridized carbons (Fsp3) is 0.238. The maximum atomic E-state index is 13.4. The van der Waals surface area contributed by atoms with Crippen LogP contribution in [0.3, 0.4) is 0 Å². The molecule has 1 fully saturated rings. The van der Waals surface area contributed by atoms with E-state index in [1.807, 2.05) is 18.2 Å².